The number of anilines is 2. The van der Waals surface area contributed by atoms with Crippen LogP contribution in [0.15, 0.2) is 40.8 Å². The van der Waals surface area contributed by atoms with E-state index in [1.165, 1.54) is 0 Å². The van der Waals surface area contributed by atoms with E-state index in [0.717, 1.165) is 12.2 Å². The Morgan fingerprint density at radius 3 is 2.53 bits per heavy atom. The molecule has 19 heavy (non-hydrogen) atoms. The molecule has 0 bridgehead atoms. The van der Waals surface area contributed by atoms with Crippen LogP contribution in [0.25, 0.3) is 0 Å². The summed E-state index contributed by atoms with van der Waals surface area (Å²) in [6.45, 7) is 4.43. The molecule has 1 amide bonds. The van der Waals surface area contributed by atoms with Gasteiger partial charge in [0.25, 0.3) is 5.91 Å². The topological polar surface area (TPSA) is 59.5 Å². The first-order chi connectivity index (χ1) is 9.17. The third-order valence-corrected chi connectivity index (χ3v) is 3.01. The van der Waals surface area contributed by atoms with Gasteiger partial charge in [-0.05, 0) is 31.2 Å². The van der Waals surface area contributed by atoms with Gasteiger partial charge < -0.3 is 15.1 Å². The number of rotatable bonds is 4. The number of carbonyl (C=O) groups is 1. The number of nitrogen functional groups attached to an aromatic ring is 1. The van der Waals surface area contributed by atoms with Crippen LogP contribution in [0.2, 0.25) is 0 Å². The van der Waals surface area contributed by atoms with Crippen molar-refractivity contribution in [2.75, 3.05) is 17.2 Å². The van der Waals surface area contributed by atoms with Gasteiger partial charge in [0.2, 0.25) is 0 Å². The molecule has 0 atom stereocenters. The highest BCUT2D eigenvalue weighted by atomic mass is 16.4. The fourth-order valence-corrected chi connectivity index (χ4v) is 1.97. The molecule has 0 saturated heterocycles. The molecular formula is C15H18N2O2. The smallest absolute Gasteiger partial charge is 0.294 e. The summed E-state index contributed by atoms with van der Waals surface area (Å²) < 4.78 is 5.51. The molecular weight excluding hydrogens is 240 g/mol. The lowest BCUT2D eigenvalue weighted by atomic mass is 10.2. The summed E-state index contributed by atoms with van der Waals surface area (Å²) in [5.41, 5.74) is 7.22. The van der Waals surface area contributed by atoms with Gasteiger partial charge in [0.1, 0.15) is 5.76 Å². The third kappa shape index (κ3) is 2.62. The van der Waals surface area contributed by atoms with Crippen LogP contribution >= 0.6 is 0 Å². The summed E-state index contributed by atoms with van der Waals surface area (Å²) in [6, 6.07) is 10.9. The van der Waals surface area contributed by atoms with Gasteiger partial charge in [-0.2, -0.15) is 0 Å². The summed E-state index contributed by atoms with van der Waals surface area (Å²) >= 11 is 0. The predicted molar refractivity (Wildman–Crippen MR) is 76.3 cm³/mol. The van der Waals surface area contributed by atoms with Gasteiger partial charge in [0.15, 0.2) is 5.76 Å². The van der Waals surface area contributed by atoms with E-state index in [2.05, 4.69) is 0 Å². The maximum atomic E-state index is 12.4. The molecule has 1 aromatic carbocycles. The molecule has 0 aliphatic heterocycles. The predicted octanol–water partition coefficient (Wildman–Crippen LogP) is 3.09. The number of para-hydroxylation sites is 2. The highest BCUT2D eigenvalue weighted by Crippen LogP contribution is 2.24. The molecule has 0 spiro atoms. The minimum Gasteiger partial charge on any atom is -0.456 e. The van der Waals surface area contributed by atoms with Gasteiger partial charge in [-0.25, -0.2) is 0 Å². The summed E-state index contributed by atoms with van der Waals surface area (Å²) in [4.78, 5) is 14.1. The van der Waals surface area contributed by atoms with Gasteiger partial charge in [0, 0.05) is 13.0 Å². The van der Waals surface area contributed by atoms with Crippen LogP contribution in [0, 0.1) is 0 Å². The van der Waals surface area contributed by atoms with Crippen molar-refractivity contribution in [1.29, 1.82) is 0 Å². The average Bonchev–Trinajstić information content (AvgIpc) is 2.90. The fourth-order valence-electron chi connectivity index (χ4n) is 1.97. The van der Waals surface area contributed by atoms with E-state index in [9.17, 15) is 4.79 Å². The van der Waals surface area contributed by atoms with Crippen LogP contribution in [0.3, 0.4) is 0 Å². The standard InChI is InChI=1S/C15H18N2O2/c1-3-11-9-10-14(19-11)15(18)17(4-2)13-8-6-5-7-12(13)16/h5-10H,3-4,16H2,1-2H3. The molecule has 100 valence electrons. The van der Waals surface area contributed by atoms with E-state index in [1.807, 2.05) is 38.1 Å². The highest BCUT2D eigenvalue weighted by Gasteiger charge is 2.20. The number of furan rings is 1. The number of hydrogen-bond donors (Lipinski definition) is 1. The van der Waals surface area contributed by atoms with E-state index in [-0.39, 0.29) is 5.91 Å². The quantitative estimate of drug-likeness (QED) is 0.857. The van der Waals surface area contributed by atoms with E-state index in [1.54, 1.807) is 17.0 Å². The van der Waals surface area contributed by atoms with Crippen molar-refractivity contribution < 1.29 is 9.21 Å². The Bertz CT molecular complexity index is 575. The molecule has 0 radical (unpaired) electrons. The monoisotopic (exact) mass is 258 g/mol. The van der Waals surface area contributed by atoms with E-state index in [0.29, 0.717) is 23.7 Å². The average molecular weight is 258 g/mol. The molecule has 0 saturated carbocycles. The normalized spacial score (nSPS) is 10.4. The van der Waals surface area contributed by atoms with Crippen molar-refractivity contribution in [3.63, 3.8) is 0 Å². The molecule has 2 N–H and O–H groups in total. The van der Waals surface area contributed by atoms with E-state index < -0.39 is 0 Å². The molecule has 1 aromatic heterocycles. The van der Waals surface area contributed by atoms with Crippen LogP contribution in [-0.2, 0) is 6.42 Å². The number of benzene rings is 1. The second-order valence-electron chi connectivity index (χ2n) is 4.23. The van der Waals surface area contributed by atoms with Gasteiger partial charge in [-0.3, -0.25) is 4.79 Å². The van der Waals surface area contributed by atoms with Crippen molar-refractivity contribution in [3.8, 4) is 0 Å². The van der Waals surface area contributed by atoms with Gasteiger partial charge in [-0.1, -0.05) is 19.1 Å². The van der Waals surface area contributed by atoms with Crippen LogP contribution in [-0.4, -0.2) is 12.5 Å². The molecule has 0 aliphatic rings. The lowest BCUT2D eigenvalue weighted by Gasteiger charge is -2.21. The summed E-state index contributed by atoms with van der Waals surface area (Å²) in [5.74, 6) is 0.988. The summed E-state index contributed by atoms with van der Waals surface area (Å²) in [6.07, 6.45) is 0.771. The zero-order valence-electron chi connectivity index (χ0n) is 11.2. The van der Waals surface area contributed by atoms with Crippen LogP contribution < -0.4 is 10.6 Å². The molecule has 4 nitrogen and oxygen atoms in total. The molecule has 0 aliphatic carbocycles. The highest BCUT2D eigenvalue weighted by molar-refractivity contribution is 6.05. The largest absolute Gasteiger partial charge is 0.456 e. The zero-order chi connectivity index (χ0) is 13.8. The first-order valence-corrected chi connectivity index (χ1v) is 6.42. The minimum atomic E-state index is -0.167. The molecule has 2 aromatic rings. The van der Waals surface area contributed by atoms with Crippen LogP contribution in [0.5, 0.6) is 0 Å². The number of carbonyl (C=O) groups excluding carboxylic acids is 1. The molecule has 4 heteroatoms. The van der Waals surface area contributed by atoms with Crippen LogP contribution in [0.4, 0.5) is 11.4 Å². The molecule has 0 fully saturated rings. The number of amides is 1. The number of aryl methyl sites for hydroxylation is 1. The lowest BCUT2D eigenvalue weighted by Crippen LogP contribution is -2.30. The maximum Gasteiger partial charge on any atom is 0.294 e. The second kappa shape index (κ2) is 5.61. The number of hydrogen-bond acceptors (Lipinski definition) is 3. The number of nitrogens with two attached hydrogens (primary N) is 1. The van der Waals surface area contributed by atoms with Crippen molar-refractivity contribution in [1.82, 2.24) is 0 Å². The van der Waals surface area contributed by atoms with Crippen molar-refractivity contribution in [2.45, 2.75) is 20.3 Å². The first kappa shape index (κ1) is 13.2. The third-order valence-electron chi connectivity index (χ3n) is 3.01. The van der Waals surface area contributed by atoms with Crippen molar-refractivity contribution in [2.24, 2.45) is 0 Å². The Morgan fingerprint density at radius 2 is 1.95 bits per heavy atom. The number of nitrogens with zero attached hydrogens (tertiary/aromatic N) is 1. The fraction of sp³-hybridized carbons (Fsp3) is 0.267. The zero-order valence-corrected chi connectivity index (χ0v) is 11.2. The SMILES string of the molecule is CCc1ccc(C(=O)N(CC)c2ccccc2N)o1. The van der Waals surface area contributed by atoms with Gasteiger partial charge >= 0.3 is 0 Å². The second-order valence-corrected chi connectivity index (χ2v) is 4.23. The van der Waals surface area contributed by atoms with E-state index >= 15 is 0 Å². The summed E-state index contributed by atoms with van der Waals surface area (Å²) in [5, 5.41) is 0. The van der Waals surface area contributed by atoms with E-state index in [4.69, 9.17) is 10.2 Å². The van der Waals surface area contributed by atoms with Crippen molar-refractivity contribution >= 4 is 17.3 Å². The maximum absolute atomic E-state index is 12.4. The Balaban J connectivity index is 2.32. The first-order valence-electron chi connectivity index (χ1n) is 6.42. The van der Waals surface area contributed by atoms with Gasteiger partial charge in [-0.15, -0.1) is 0 Å². The van der Waals surface area contributed by atoms with Crippen LogP contribution in [0.1, 0.15) is 30.2 Å². The Kier molecular flexibility index (Phi) is 3.90. The lowest BCUT2D eigenvalue weighted by molar-refractivity contribution is 0.0960. The Morgan fingerprint density at radius 1 is 1.21 bits per heavy atom. The molecule has 0 unspecified atom stereocenters. The van der Waals surface area contributed by atoms with Gasteiger partial charge in [0.05, 0.1) is 11.4 Å². The van der Waals surface area contributed by atoms with Crippen molar-refractivity contribution in [3.05, 3.63) is 47.9 Å². The molecule has 2 rings (SSSR count). The minimum absolute atomic E-state index is 0.167. The Hall–Kier alpha value is -2.23. The Labute approximate surface area is 112 Å². The summed E-state index contributed by atoms with van der Waals surface area (Å²) in [7, 11) is 0. The molecule has 1 heterocycles.